The van der Waals surface area contributed by atoms with Crippen molar-refractivity contribution in [2.24, 2.45) is 0 Å². The average molecular weight is 679 g/mol. The first-order valence-corrected chi connectivity index (χ1v) is 15.9. The Bertz CT molecular complexity index is 1860. The van der Waals surface area contributed by atoms with E-state index in [2.05, 4.69) is 20.6 Å². The highest BCUT2D eigenvalue weighted by molar-refractivity contribution is 7.86. The van der Waals surface area contributed by atoms with Gasteiger partial charge < -0.3 is 10.6 Å². The van der Waals surface area contributed by atoms with Crippen molar-refractivity contribution in [1.29, 1.82) is 0 Å². The van der Waals surface area contributed by atoms with E-state index in [1.165, 1.54) is 25.1 Å². The first-order chi connectivity index (χ1) is 22.0. The lowest BCUT2D eigenvalue weighted by Gasteiger charge is -2.33. The molecule has 1 saturated heterocycles. The van der Waals surface area contributed by atoms with Crippen LogP contribution in [-0.4, -0.2) is 46.8 Å². The van der Waals surface area contributed by atoms with Gasteiger partial charge in [0, 0.05) is 24.5 Å². The molecule has 3 atom stereocenters. The summed E-state index contributed by atoms with van der Waals surface area (Å²) < 4.78 is 109. The number of nitrogens with one attached hydrogen (secondary N) is 2. The Balaban J connectivity index is 1.49. The van der Waals surface area contributed by atoms with Crippen LogP contribution in [0.15, 0.2) is 90.1 Å². The standard InChI is InChI=1S/C32H29F6N5O3S/c1-20-17-31(34,35)19-43(20,47(45,46)27-9-7-26(33)8-10-27)30(44)40-18-22-15-28(24-3-5-25(6-4-24)32(36,37)38)42-29(16-22)41-21(2)23-11-13-39-14-12-23/h3-16,20-21H,17-19H2,1-2H3,(H-,40,41,42,44)/p+1/t20-,21?,43?/m1/s1. The molecular weight excluding hydrogens is 648 g/mol. The van der Waals surface area contributed by atoms with E-state index in [9.17, 15) is 39.6 Å². The third-order valence-electron chi connectivity index (χ3n) is 8.06. The van der Waals surface area contributed by atoms with Crippen molar-refractivity contribution in [3.8, 4) is 11.3 Å². The number of hydrogen-bond acceptors (Lipinski definition) is 6. The van der Waals surface area contributed by atoms with E-state index in [4.69, 9.17) is 0 Å². The van der Waals surface area contributed by atoms with Crippen molar-refractivity contribution in [1.82, 2.24) is 15.3 Å². The summed E-state index contributed by atoms with van der Waals surface area (Å²) >= 11 is 0. The molecule has 3 heterocycles. The second kappa shape index (κ2) is 12.6. The second-order valence-corrected chi connectivity index (χ2v) is 13.5. The van der Waals surface area contributed by atoms with Gasteiger partial charge in [-0.25, -0.2) is 22.9 Å². The van der Waals surface area contributed by atoms with Gasteiger partial charge in [-0.15, -0.1) is 3.89 Å². The average Bonchev–Trinajstić information content (AvgIpc) is 3.29. The van der Waals surface area contributed by atoms with Crippen LogP contribution >= 0.6 is 0 Å². The molecule has 0 saturated carbocycles. The highest BCUT2D eigenvalue weighted by Gasteiger charge is 2.66. The number of carbonyl (C=O) groups excluding carboxylic acids is 1. The van der Waals surface area contributed by atoms with Crippen LogP contribution in [0.25, 0.3) is 11.3 Å². The van der Waals surface area contributed by atoms with Crippen LogP contribution in [0, 0.1) is 5.82 Å². The summed E-state index contributed by atoms with van der Waals surface area (Å²) in [5.41, 5.74) is 0.892. The number of quaternary nitrogens is 1. The van der Waals surface area contributed by atoms with Crippen molar-refractivity contribution in [3.05, 3.63) is 108 Å². The minimum absolute atomic E-state index is 0.235. The predicted molar refractivity (Wildman–Crippen MR) is 161 cm³/mol. The van der Waals surface area contributed by atoms with E-state index in [0.717, 1.165) is 42.0 Å². The Morgan fingerprint density at radius 1 is 1.02 bits per heavy atom. The zero-order valence-corrected chi connectivity index (χ0v) is 25.9. The molecule has 47 heavy (non-hydrogen) atoms. The van der Waals surface area contributed by atoms with E-state index >= 15 is 0 Å². The fraction of sp³-hybridized carbons (Fsp3) is 0.281. The number of nitrogens with zero attached hydrogens (tertiary/aromatic N) is 3. The number of alkyl halides is 5. The third kappa shape index (κ3) is 6.95. The normalized spacial score (nSPS) is 20.0. The minimum Gasteiger partial charge on any atom is -0.364 e. The highest BCUT2D eigenvalue weighted by atomic mass is 32.2. The number of anilines is 1. The summed E-state index contributed by atoms with van der Waals surface area (Å²) in [6.45, 7) is 1.40. The number of aromatic nitrogens is 2. The number of halogens is 6. The molecule has 248 valence electrons. The summed E-state index contributed by atoms with van der Waals surface area (Å²) in [7, 11) is -4.81. The van der Waals surface area contributed by atoms with Gasteiger partial charge in [0.25, 0.3) is 0 Å². The smallest absolute Gasteiger partial charge is 0.364 e. The molecule has 1 aliphatic heterocycles. The van der Waals surface area contributed by atoms with Gasteiger partial charge in [0.15, 0.2) is 6.54 Å². The molecule has 2 aromatic heterocycles. The van der Waals surface area contributed by atoms with Crippen LogP contribution in [0.2, 0.25) is 0 Å². The van der Waals surface area contributed by atoms with Gasteiger partial charge in [-0.2, -0.15) is 21.6 Å². The molecule has 1 aliphatic rings. The van der Waals surface area contributed by atoms with Gasteiger partial charge in [-0.3, -0.25) is 4.98 Å². The molecule has 0 radical (unpaired) electrons. The maximum atomic E-state index is 14.8. The Labute approximate surface area is 267 Å². The summed E-state index contributed by atoms with van der Waals surface area (Å²) in [4.78, 5) is 21.8. The van der Waals surface area contributed by atoms with E-state index in [0.29, 0.717) is 11.1 Å². The molecule has 0 spiro atoms. The number of sulfonamides is 1. The summed E-state index contributed by atoms with van der Waals surface area (Å²) in [5, 5.41) is 5.69. The lowest BCUT2D eigenvalue weighted by Crippen LogP contribution is -2.62. The molecule has 8 nitrogen and oxygen atoms in total. The van der Waals surface area contributed by atoms with Crippen LogP contribution in [0.3, 0.4) is 0 Å². The molecule has 2 aromatic carbocycles. The number of pyridine rings is 2. The number of rotatable bonds is 8. The molecule has 2 amide bonds. The van der Waals surface area contributed by atoms with Gasteiger partial charge in [0.1, 0.15) is 22.6 Å². The van der Waals surface area contributed by atoms with Gasteiger partial charge in [0.05, 0.1) is 23.7 Å². The van der Waals surface area contributed by atoms with Crippen molar-refractivity contribution >= 4 is 21.9 Å². The molecule has 0 bridgehead atoms. The number of amides is 2. The number of urea groups is 1. The first-order valence-electron chi connectivity index (χ1n) is 14.4. The van der Waals surface area contributed by atoms with Crippen LogP contribution in [-0.2, 0) is 22.7 Å². The lowest BCUT2D eigenvalue weighted by atomic mass is 10.1. The number of hydrogen-bond donors (Lipinski definition) is 2. The first kappa shape index (κ1) is 33.9. The molecule has 2 N–H and O–H groups in total. The summed E-state index contributed by atoms with van der Waals surface area (Å²) in [6, 6.07) is 11.6. The van der Waals surface area contributed by atoms with Crippen molar-refractivity contribution in [3.63, 3.8) is 0 Å². The quantitative estimate of drug-likeness (QED) is 0.150. The van der Waals surface area contributed by atoms with Crippen LogP contribution < -0.4 is 10.6 Å². The van der Waals surface area contributed by atoms with Crippen LogP contribution in [0.4, 0.5) is 37.0 Å². The maximum Gasteiger partial charge on any atom is 0.432 e. The lowest BCUT2D eigenvalue weighted by molar-refractivity contribution is -0.738. The third-order valence-corrected chi connectivity index (χ3v) is 10.4. The predicted octanol–water partition coefficient (Wildman–Crippen LogP) is 7.32. The van der Waals surface area contributed by atoms with Gasteiger partial charge in [-0.05, 0) is 85.6 Å². The van der Waals surface area contributed by atoms with Gasteiger partial charge in [0.2, 0.25) is 0 Å². The van der Waals surface area contributed by atoms with Crippen molar-refractivity contribution < 1.29 is 43.4 Å². The molecule has 4 aromatic rings. The largest absolute Gasteiger partial charge is 0.432 e. The number of carbonyl (C=O) groups is 1. The molecular formula is C32H30F6N5O3S+. The van der Waals surface area contributed by atoms with Gasteiger partial charge >= 0.3 is 28.2 Å². The Morgan fingerprint density at radius 2 is 1.66 bits per heavy atom. The maximum absolute atomic E-state index is 14.8. The minimum atomic E-state index is -4.81. The van der Waals surface area contributed by atoms with Gasteiger partial charge in [-0.1, -0.05) is 12.1 Å². The molecule has 1 fully saturated rings. The monoisotopic (exact) mass is 678 g/mol. The van der Waals surface area contributed by atoms with Crippen molar-refractivity contribution in [2.75, 3.05) is 11.9 Å². The van der Waals surface area contributed by atoms with Crippen molar-refractivity contribution in [2.45, 2.75) is 55.9 Å². The Kier molecular flexibility index (Phi) is 9.08. The van der Waals surface area contributed by atoms with E-state index in [1.807, 2.05) is 6.92 Å². The second-order valence-electron chi connectivity index (χ2n) is 11.4. The van der Waals surface area contributed by atoms with E-state index in [1.54, 1.807) is 30.6 Å². The Morgan fingerprint density at radius 3 is 2.23 bits per heavy atom. The van der Waals surface area contributed by atoms with Crippen LogP contribution in [0.5, 0.6) is 0 Å². The molecule has 5 rings (SSSR count). The fourth-order valence-corrected chi connectivity index (χ4v) is 7.70. The summed E-state index contributed by atoms with van der Waals surface area (Å²) in [5.74, 6) is -3.96. The van der Waals surface area contributed by atoms with E-state index < -0.39 is 67.3 Å². The Hall–Kier alpha value is -4.50. The number of likely N-dealkylation sites (tertiary alicyclic amines) is 1. The highest BCUT2D eigenvalue weighted by Crippen LogP contribution is 2.43. The molecule has 0 aliphatic carbocycles. The zero-order valence-electron chi connectivity index (χ0n) is 25.1. The number of benzene rings is 2. The van der Waals surface area contributed by atoms with Crippen LogP contribution in [0.1, 0.15) is 43.0 Å². The zero-order chi connectivity index (χ0) is 34.2. The molecule has 15 heteroatoms. The SMILES string of the molecule is CC(Nc1cc(CNC(=O)[N+]2(S(=O)(=O)c3ccc(F)cc3)CC(F)(F)C[C@H]2C)cc(-c2ccc(C(F)(F)F)cc2)n1)c1ccncc1. The van der Waals surface area contributed by atoms with E-state index in [-0.39, 0.29) is 24.1 Å². The molecule has 2 unspecified atom stereocenters. The topological polar surface area (TPSA) is 101 Å². The summed E-state index contributed by atoms with van der Waals surface area (Å²) in [6.07, 6.45) is -2.24. The fourth-order valence-electron chi connectivity index (χ4n) is 5.65.